The number of nitrogens with one attached hydrogen (secondary N) is 1. The zero-order valence-corrected chi connectivity index (χ0v) is 17.6. The highest BCUT2D eigenvalue weighted by Crippen LogP contribution is 2.44. The molecule has 6 heteroatoms. The van der Waals surface area contributed by atoms with E-state index in [1.54, 1.807) is 6.07 Å². The van der Waals surface area contributed by atoms with Crippen LogP contribution in [0.4, 0.5) is 4.39 Å². The first-order valence-corrected chi connectivity index (χ1v) is 10.9. The zero-order chi connectivity index (χ0) is 21.4. The molecule has 1 aliphatic carbocycles. The number of rotatable bonds is 6. The summed E-state index contributed by atoms with van der Waals surface area (Å²) >= 11 is 0. The largest absolute Gasteiger partial charge is 0.490 e. The van der Waals surface area contributed by atoms with Gasteiger partial charge in [0.2, 0.25) is 0 Å². The topological polar surface area (TPSA) is 63.9 Å². The van der Waals surface area contributed by atoms with Crippen LogP contribution in [0.2, 0.25) is 0 Å². The Morgan fingerprint density at radius 3 is 2.71 bits per heavy atom. The minimum absolute atomic E-state index is 0.0826. The highest BCUT2D eigenvalue weighted by atomic mass is 19.1. The van der Waals surface area contributed by atoms with Crippen molar-refractivity contribution < 1.29 is 23.4 Å². The van der Waals surface area contributed by atoms with Crippen LogP contribution < -0.4 is 4.74 Å². The van der Waals surface area contributed by atoms with Gasteiger partial charge < -0.3 is 19.2 Å². The first-order chi connectivity index (χ1) is 15.1. The molecular formula is C25H26FNO4. The van der Waals surface area contributed by atoms with Crippen molar-refractivity contribution in [1.82, 2.24) is 4.98 Å². The van der Waals surface area contributed by atoms with Crippen LogP contribution >= 0.6 is 0 Å². The number of methoxy groups -OCH3 is 1. The van der Waals surface area contributed by atoms with E-state index in [-0.39, 0.29) is 17.9 Å². The molecule has 0 radical (unpaired) electrons. The third-order valence-electron chi connectivity index (χ3n) is 6.31. The summed E-state index contributed by atoms with van der Waals surface area (Å²) in [7, 11) is 1.38. The third kappa shape index (κ3) is 4.04. The van der Waals surface area contributed by atoms with Gasteiger partial charge in [0.25, 0.3) is 0 Å². The number of hydrogen-bond acceptors (Lipinski definition) is 4. The number of aromatic amines is 1. The van der Waals surface area contributed by atoms with Gasteiger partial charge in [-0.25, -0.2) is 9.18 Å². The summed E-state index contributed by atoms with van der Waals surface area (Å²) < 4.78 is 30.2. The predicted molar refractivity (Wildman–Crippen MR) is 116 cm³/mol. The van der Waals surface area contributed by atoms with Crippen molar-refractivity contribution in [2.45, 2.75) is 44.1 Å². The first kappa shape index (κ1) is 20.1. The number of carbonyl (C=O) groups excluding carboxylic acids is 1. The predicted octanol–water partition coefficient (Wildman–Crippen LogP) is 5.59. The third-order valence-corrected chi connectivity index (χ3v) is 6.31. The lowest BCUT2D eigenvalue weighted by molar-refractivity contribution is 0.0601. The maximum Gasteiger partial charge on any atom is 0.337 e. The van der Waals surface area contributed by atoms with E-state index in [0.717, 1.165) is 35.0 Å². The summed E-state index contributed by atoms with van der Waals surface area (Å²) in [6.45, 7) is 1.09. The maximum absolute atomic E-state index is 14.1. The van der Waals surface area contributed by atoms with E-state index in [1.165, 1.54) is 44.1 Å². The van der Waals surface area contributed by atoms with E-state index < -0.39 is 0 Å². The lowest BCUT2D eigenvalue weighted by Gasteiger charge is -2.23. The van der Waals surface area contributed by atoms with Crippen LogP contribution in [0.1, 0.15) is 53.9 Å². The first-order valence-electron chi connectivity index (χ1n) is 10.9. The quantitative estimate of drug-likeness (QED) is 0.415. The Morgan fingerprint density at radius 1 is 1.16 bits per heavy atom. The Morgan fingerprint density at radius 2 is 1.97 bits per heavy atom. The van der Waals surface area contributed by atoms with Crippen LogP contribution in [-0.4, -0.2) is 37.4 Å². The average molecular weight is 423 g/mol. The van der Waals surface area contributed by atoms with Crippen LogP contribution in [0.15, 0.2) is 36.4 Å². The Balaban J connectivity index is 1.65. The van der Waals surface area contributed by atoms with Gasteiger partial charge >= 0.3 is 5.97 Å². The van der Waals surface area contributed by atoms with Gasteiger partial charge in [0.15, 0.2) is 0 Å². The van der Waals surface area contributed by atoms with Crippen molar-refractivity contribution in [2.24, 2.45) is 0 Å². The SMILES string of the molecule is COC(=O)c1ccc2c(C3CCCCC3)c(-c3ccc(F)cc3OC[C@@H]3CO3)[nH]c2c1. The number of fused-ring (bicyclic) bond motifs is 1. The van der Waals surface area contributed by atoms with E-state index in [1.807, 2.05) is 18.2 Å². The number of hydrogen-bond donors (Lipinski definition) is 1. The minimum atomic E-state index is -0.368. The lowest BCUT2D eigenvalue weighted by atomic mass is 9.81. The molecule has 162 valence electrons. The van der Waals surface area contributed by atoms with Crippen molar-refractivity contribution in [3.05, 3.63) is 53.3 Å². The van der Waals surface area contributed by atoms with Crippen LogP contribution in [-0.2, 0) is 9.47 Å². The molecule has 2 fully saturated rings. The van der Waals surface area contributed by atoms with Crippen LogP contribution in [0.25, 0.3) is 22.2 Å². The molecule has 1 aromatic heterocycles. The number of carbonyl (C=O) groups is 1. The van der Waals surface area contributed by atoms with Gasteiger partial charge in [0.1, 0.15) is 24.3 Å². The molecular weight excluding hydrogens is 397 g/mol. The Hall–Kier alpha value is -2.86. The number of halogens is 1. The molecule has 2 aromatic carbocycles. The number of esters is 1. The van der Waals surface area contributed by atoms with Gasteiger partial charge in [-0.05, 0) is 48.6 Å². The fraction of sp³-hybridized carbons (Fsp3) is 0.400. The summed E-state index contributed by atoms with van der Waals surface area (Å²) in [6.07, 6.45) is 5.97. The number of H-pyrrole nitrogens is 1. The van der Waals surface area contributed by atoms with E-state index in [2.05, 4.69) is 4.98 Å². The molecule has 1 N–H and O–H groups in total. The second-order valence-corrected chi connectivity index (χ2v) is 8.41. The Labute approximate surface area is 180 Å². The smallest absolute Gasteiger partial charge is 0.337 e. The molecule has 5 nitrogen and oxygen atoms in total. The molecule has 1 saturated heterocycles. The maximum atomic E-state index is 14.1. The zero-order valence-electron chi connectivity index (χ0n) is 17.6. The summed E-state index contributed by atoms with van der Waals surface area (Å²) in [4.78, 5) is 15.6. The summed E-state index contributed by atoms with van der Waals surface area (Å²) in [5.74, 6) is 0.213. The molecule has 1 saturated carbocycles. The normalized spacial score (nSPS) is 18.8. The summed E-state index contributed by atoms with van der Waals surface area (Å²) in [6, 6.07) is 10.3. The molecule has 0 unspecified atom stereocenters. The fourth-order valence-electron chi connectivity index (χ4n) is 4.66. The highest BCUT2D eigenvalue weighted by Gasteiger charge is 2.27. The molecule has 1 aliphatic heterocycles. The second-order valence-electron chi connectivity index (χ2n) is 8.41. The van der Waals surface area contributed by atoms with Crippen LogP contribution in [0, 0.1) is 5.82 Å². The number of epoxide rings is 1. The molecule has 2 heterocycles. The Bertz CT molecular complexity index is 1110. The lowest BCUT2D eigenvalue weighted by Crippen LogP contribution is -2.07. The molecule has 0 bridgehead atoms. The van der Waals surface area contributed by atoms with E-state index in [0.29, 0.717) is 30.4 Å². The van der Waals surface area contributed by atoms with Gasteiger partial charge in [-0.3, -0.25) is 0 Å². The van der Waals surface area contributed by atoms with Crippen molar-refractivity contribution in [2.75, 3.05) is 20.3 Å². The minimum Gasteiger partial charge on any atom is -0.490 e. The molecule has 0 spiro atoms. The Kier molecular flexibility index (Phi) is 5.40. The molecule has 2 aliphatic rings. The standard InChI is InChI=1S/C25H26FNO4/c1-29-25(28)16-7-9-19-21(11-16)27-24(23(19)15-5-3-2-4-6-15)20-10-8-17(26)12-22(20)31-14-18-13-30-18/h7-12,15,18,27H,2-6,13-14H2,1H3/t18-/m0/s1. The molecule has 0 amide bonds. The summed E-state index contributed by atoms with van der Waals surface area (Å²) in [5.41, 5.74) is 4.37. The number of aromatic nitrogens is 1. The summed E-state index contributed by atoms with van der Waals surface area (Å²) in [5, 5.41) is 1.09. The van der Waals surface area contributed by atoms with Crippen LogP contribution in [0.3, 0.4) is 0 Å². The van der Waals surface area contributed by atoms with Gasteiger partial charge in [-0.2, -0.15) is 0 Å². The average Bonchev–Trinajstić information content (AvgIpc) is 3.56. The van der Waals surface area contributed by atoms with E-state index in [9.17, 15) is 9.18 Å². The molecule has 1 atom stereocenters. The van der Waals surface area contributed by atoms with Crippen LogP contribution in [0.5, 0.6) is 5.75 Å². The van der Waals surface area contributed by atoms with Gasteiger partial charge in [0.05, 0.1) is 25.0 Å². The molecule has 31 heavy (non-hydrogen) atoms. The van der Waals surface area contributed by atoms with Crippen molar-refractivity contribution in [3.63, 3.8) is 0 Å². The van der Waals surface area contributed by atoms with Crippen molar-refractivity contribution in [3.8, 4) is 17.0 Å². The number of ether oxygens (including phenoxy) is 3. The number of benzene rings is 2. The van der Waals surface area contributed by atoms with Crippen molar-refractivity contribution in [1.29, 1.82) is 0 Å². The van der Waals surface area contributed by atoms with E-state index >= 15 is 0 Å². The van der Waals surface area contributed by atoms with Gasteiger partial charge in [-0.1, -0.05) is 25.3 Å². The van der Waals surface area contributed by atoms with Crippen molar-refractivity contribution >= 4 is 16.9 Å². The second kappa shape index (κ2) is 8.35. The highest BCUT2D eigenvalue weighted by molar-refractivity contribution is 5.98. The van der Waals surface area contributed by atoms with Gasteiger partial charge in [0, 0.05) is 22.5 Å². The fourth-order valence-corrected chi connectivity index (χ4v) is 4.66. The molecule has 5 rings (SSSR count). The van der Waals surface area contributed by atoms with Gasteiger partial charge in [-0.15, -0.1) is 0 Å². The molecule has 3 aromatic rings. The van der Waals surface area contributed by atoms with E-state index in [4.69, 9.17) is 14.2 Å². The monoisotopic (exact) mass is 423 g/mol.